The lowest BCUT2D eigenvalue weighted by Crippen LogP contribution is -2.30. The van der Waals surface area contributed by atoms with E-state index in [1.54, 1.807) is 6.92 Å². The molecular weight excluding hydrogens is 886 g/mol. The second kappa shape index (κ2) is 42.2. The van der Waals surface area contributed by atoms with E-state index < -0.39 is 97.5 Å². The van der Waals surface area contributed by atoms with Crippen LogP contribution in [0.3, 0.4) is 0 Å². The second-order valence-corrected chi connectivity index (χ2v) is 19.7. The van der Waals surface area contributed by atoms with Crippen molar-refractivity contribution in [2.24, 2.45) is 0 Å². The Kier molecular flexibility index (Phi) is 40.9. The van der Waals surface area contributed by atoms with E-state index in [9.17, 15) is 43.2 Å². The third-order valence-electron chi connectivity index (χ3n) is 10.3. The smallest absolute Gasteiger partial charge is 0.462 e. The maximum Gasteiger partial charge on any atom is 0.472 e. The average Bonchev–Trinajstić information content (AvgIpc) is 3.27. The molecule has 5 atom stereocenters. The highest BCUT2D eigenvalue weighted by Crippen LogP contribution is 2.45. The van der Waals surface area contributed by atoms with E-state index in [2.05, 4.69) is 13.8 Å². The molecule has 0 bridgehead atoms. The van der Waals surface area contributed by atoms with E-state index in [1.807, 2.05) is 6.92 Å². The van der Waals surface area contributed by atoms with Gasteiger partial charge >= 0.3 is 39.5 Å². The van der Waals surface area contributed by atoms with Crippen LogP contribution < -0.4 is 0 Å². The Morgan fingerprint density at radius 2 is 0.646 bits per heavy atom. The van der Waals surface area contributed by atoms with Crippen molar-refractivity contribution in [2.75, 3.05) is 39.6 Å². The van der Waals surface area contributed by atoms with Crippen LogP contribution in [0.4, 0.5) is 0 Å². The molecule has 0 aliphatic rings. The number of carbonyl (C=O) groups is 4. The van der Waals surface area contributed by atoms with Crippen LogP contribution in [0, 0.1) is 0 Å². The highest BCUT2D eigenvalue weighted by atomic mass is 31.2. The van der Waals surface area contributed by atoms with Gasteiger partial charge in [0.1, 0.15) is 19.3 Å². The number of aliphatic hydroxyl groups excluding tert-OH is 1. The van der Waals surface area contributed by atoms with Gasteiger partial charge in [-0.3, -0.25) is 37.3 Å². The molecule has 0 amide bonds. The molecule has 0 radical (unpaired) electrons. The summed E-state index contributed by atoms with van der Waals surface area (Å²) in [6, 6.07) is 0. The lowest BCUT2D eigenvalue weighted by molar-refractivity contribution is -0.161. The molecule has 384 valence electrons. The molecule has 0 aromatic carbocycles. The molecular formula is C46H88O17P2. The summed E-state index contributed by atoms with van der Waals surface area (Å²) in [6.45, 7) is 4.19. The Morgan fingerprint density at radius 1 is 0.369 bits per heavy atom. The van der Waals surface area contributed by atoms with Crippen LogP contribution in [0.2, 0.25) is 0 Å². The predicted octanol–water partition coefficient (Wildman–Crippen LogP) is 10.9. The lowest BCUT2D eigenvalue weighted by atomic mass is 10.1. The quantitative estimate of drug-likeness (QED) is 0.0222. The fraction of sp³-hybridized carbons (Fsp3) is 0.913. The van der Waals surface area contributed by atoms with Crippen molar-refractivity contribution >= 4 is 39.5 Å². The van der Waals surface area contributed by atoms with Crippen LogP contribution in [0.1, 0.15) is 214 Å². The third kappa shape index (κ3) is 41.9. The van der Waals surface area contributed by atoms with Gasteiger partial charge in [0.05, 0.1) is 26.4 Å². The van der Waals surface area contributed by atoms with E-state index in [-0.39, 0.29) is 25.7 Å². The van der Waals surface area contributed by atoms with Gasteiger partial charge in [0.25, 0.3) is 0 Å². The van der Waals surface area contributed by atoms with Crippen LogP contribution >= 0.6 is 15.6 Å². The fourth-order valence-corrected chi connectivity index (χ4v) is 8.07. The number of carbonyl (C=O) groups excluding carboxylic acids is 4. The van der Waals surface area contributed by atoms with E-state index in [0.717, 1.165) is 57.8 Å². The minimum absolute atomic E-state index is 0.0543. The van der Waals surface area contributed by atoms with Crippen molar-refractivity contribution in [3.8, 4) is 0 Å². The van der Waals surface area contributed by atoms with Gasteiger partial charge in [-0.05, 0) is 25.7 Å². The number of hydrogen-bond donors (Lipinski definition) is 3. The van der Waals surface area contributed by atoms with Crippen LogP contribution in [-0.2, 0) is 65.4 Å². The van der Waals surface area contributed by atoms with Crippen LogP contribution in [0.5, 0.6) is 0 Å². The highest BCUT2D eigenvalue weighted by Gasteiger charge is 2.30. The first kappa shape index (κ1) is 63.1. The Labute approximate surface area is 390 Å². The minimum atomic E-state index is -4.91. The average molecular weight is 975 g/mol. The van der Waals surface area contributed by atoms with Gasteiger partial charge in [0.2, 0.25) is 0 Å². The maximum atomic E-state index is 12.7. The molecule has 0 heterocycles. The van der Waals surface area contributed by atoms with E-state index in [0.29, 0.717) is 25.7 Å². The molecule has 0 aliphatic heterocycles. The van der Waals surface area contributed by atoms with E-state index in [1.165, 1.54) is 77.0 Å². The van der Waals surface area contributed by atoms with Crippen molar-refractivity contribution in [2.45, 2.75) is 232 Å². The molecule has 3 N–H and O–H groups in total. The van der Waals surface area contributed by atoms with E-state index in [4.69, 9.17) is 37.0 Å². The fourth-order valence-electron chi connectivity index (χ4n) is 6.49. The first-order valence-corrected chi connectivity index (χ1v) is 27.8. The largest absolute Gasteiger partial charge is 0.472 e. The molecule has 0 aromatic heterocycles. The first-order valence-electron chi connectivity index (χ1n) is 24.8. The number of rotatable bonds is 47. The summed E-state index contributed by atoms with van der Waals surface area (Å²) in [6.07, 6.45) is 22.2. The number of aliphatic hydroxyl groups is 1. The molecule has 0 saturated heterocycles. The van der Waals surface area contributed by atoms with Crippen LogP contribution in [0.15, 0.2) is 0 Å². The summed E-state index contributed by atoms with van der Waals surface area (Å²) in [5.74, 6) is -2.23. The summed E-state index contributed by atoms with van der Waals surface area (Å²) in [4.78, 5) is 70.0. The Balaban J connectivity index is 4.88. The summed E-state index contributed by atoms with van der Waals surface area (Å²) in [7, 11) is -9.80. The number of phosphoric acid groups is 2. The molecule has 0 rings (SSSR count). The number of esters is 4. The summed E-state index contributed by atoms with van der Waals surface area (Å²) >= 11 is 0. The maximum absolute atomic E-state index is 12.7. The molecule has 2 unspecified atom stereocenters. The van der Waals surface area contributed by atoms with Crippen molar-refractivity contribution in [1.82, 2.24) is 0 Å². The van der Waals surface area contributed by atoms with Crippen molar-refractivity contribution < 1.29 is 80.2 Å². The predicted molar refractivity (Wildman–Crippen MR) is 248 cm³/mol. The molecule has 0 fully saturated rings. The summed E-state index contributed by atoms with van der Waals surface area (Å²) < 4.78 is 66.1. The zero-order valence-corrected chi connectivity index (χ0v) is 42.2. The second-order valence-electron chi connectivity index (χ2n) is 16.8. The monoisotopic (exact) mass is 975 g/mol. The molecule has 0 spiro atoms. The van der Waals surface area contributed by atoms with Gasteiger partial charge in [-0.25, -0.2) is 9.13 Å². The zero-order chi connectivity index (χ0) is 48.4. The number of phosphoric ester groups is 2. The standard InChI is InChI=1S/C46H88O17P2/c1-5-9-12-15-17-19-20-22-24-26-29-32-44(49)57-37-42(63-46(51)33-27-14-11-7-3)39-61-65(54,55)59-35-40(47)34-58-64(52,53)60-38-41(62-45(50)30-8-4)36-56-43(48)31-28-25-23-21-18-16-13-10-6-2/h40-42,47H,5-39H2,1-4H3,(H,52,53)(H,54,55)/t40-,41+,42+/m0/s1. The number of unbranched alkanes of at least 4 members (excludes halogenated alkanes) is 21. The third-order valence-corrected chi connectivity index (χ3v) is 12.2. The van der Waals surface area contributed by atoms with Gasteiger partial charge in [-0.1, -0.05) is 163 Å². The minimum Gasteiger partial charge on any atom is -0.462 e. The Hall–Kier alpha value is -1.94. The Morgan fingerprint density at radius 3 is 0.985 bits per heavy atom. The highest BCUT2D eigenvalue weighted by molar-refractivity contribution is 7.47. The topological polar surface area (TPSA) is 237 Å². The van der Waals surface area contributed by atoms with Gasteiger partial charge in [-0.15, -0.1) is 0 Å². The lowest BCUT2D eigenvalue weighted by Gasteiger charge is -2.21. The summed E-state index contributed by atoms with van der Waals surface area (Å²) in [5, 5.41) is 10.3. The van der Waals surface area contributed by atoms with E-state index >= 15 is 0 Å². The van der Waals surface area contributed by atoms with Crippen LogP contribution in [-0.4, -0.2) is 96.7 Å². The molecule has 17 nitrogen and oxygen atoms in total. The van der Waals surface area contributed by atoms with Gasteiger partial charge < -0.3 is 33.8 Å². The number of hydrogen-bond acceptors (Lipinski definition) is 15. The van der Waals surface area contributed by atoms with Gasteiger partial charge in [-0.2, -0.15) is 0 Å². The van der Waals surface area contributed by atoms with Crippen molar-refractivity contribution in [3.05, 3.63) is 0 Å². The SMILES string of the molecule is CCCCCCCCCCCCCC(=O)OC[C@H](COP(=O)(O)OC[C@@H](O)COP(=O)(O)OC[C@@H](COC(=O)CCCCCCCCCCC)OC(=O)CCC)OC(=O)CCCCCC. The van der Waals surface area contributed by atoms with Crippen molar-refractivity contribution in [1.29, 1.82) is 0 Å². The first-order chi connectivity index (χ1) is 31.2. The normalized spacial score (nSPS) is 14.8. The molecule has 0 aliphatic carbocycles. The Bertz CT molecular complexity index is 1300. The molecule has 65 heavy (non-hydrogen) atoms. The summed E-state index contributed by atoms with van der Waals surface area (Å²) in [5.41, 5.74) is 0. The number of ether oxygens (including phenoxy) is 4. The zero-order valence-electron chi connectivity index (χ0n) is 40.4. The molecule has 19 heteroatoms. The molecule has 0 saturated carbocycles. The van der Waals surface area contributed by atoms with Gasteiger partial charge in [0.15, 0.2) is 12.2 Å². The van der Waals surface area contributed by atoms with Crippen LogP contribution in [0.25, 0.3) is 0 Å². The van der Waals surface area contributed by atoms with Gasteiger partial charge in [0, 0.05) is 25.7 Å². The molecule has 0 aromatic rings. The van der Waals surface area contributed by atoms with Crippen molar-refractivity contribution in [3.63, 3.8) is 0 Å².